The summed E-state index contributed by atoms with van der Waals surface area (Å²) >= 11 is 1.85. The third kappa shape index (κ3) is 7.37. The zero-order chi connectivity index (χ0) is 14.1. The van der Waals surface area contributed by atoms with E-state index in [1.54, 1.807) is 7.05 Å². The second-order valence-corrected chi connectivity index (χ2v) is 5.56. The second-order valence-electron chi connectivity index (χ2n) is 4.57. The highest BCUT2D eigenvalue weighted by Crippen LogP contribution is 2.13. The van der Waals surface area contributed by atoms with Gasteiger partial charge in [0.15, 0.2) is 11.7 Å². The van der Waals surface area contributed by atoms with Gasteiger partial charge in [-0.1, -0.05) is 19.0 Å². The van der Waals surface area contributed by atoms with Gasteiger partial charge in [0.2, 0.25) is 0 Å². The van der Waals surface area contributed by atoms with Crippen LogP contribution in [0.5, 0.6) is 0 Å². The van der Waals surface area contributed by atoms with Gasteiger partial charge in [-0.05, 0) is 24.3 Å². The largest absolute Gasteiger partial charge is 0.359 e. The van der Waals surface area contributed by atoms with E-state index in [1.807, 2.05) is 17.8 Å². The van der Waals surface area contributed by atoms with Crippen LogP contribution in [0, 0.1) is 0 Å². The Kier molecular flexibility index (Phi) is 11.0. The van der Waals surface area contributed by atoms with Crippen molar-refractivity contribution in [2.75, 3.05) is 25.6 Å². The van der Waals surface area contributed by atoms with Crippen LogP contribution in [0.15, 0.2) is 15.6 Å². The summed E-state index contributed by atoms with van der Waals surface area (Å²) in [6.07, 6.45) is 3.24. The van der Waals surface area contributed by atoms with Crippen molar-refractivity contribution >= 4 is 41.7 Å². The van der Waals surface area contributed by atoms with Crippen LogP contribution in [0.1, 0.15) is 37.6 Å². The molecule has 0 atom stereocenters. The van der Waals surface area contributed by atoms with Gasteiger partial charge in [-0.2, -0.15) is 11.8 Å². The van der Waals surface area contributed by atoms with Crippen LogP contribution in [0.2, 0.25) is 0 Å². The first kappa shape index (κ1) is 19.6. The van der Waals surface area contributed by atoms with E-state index in [4.69, 9.17) is 4.52 Å². The number of nitrogens with one attached hydrogen (secondary N) is 2. The lowest BCUT2D eigenvalue weighted by Gasteiger charge is -2.09. The molecule has 0 saturated heterocycles. The van der Waals surface area contributed by atoms with E-state index in [0.717, 1.165) is 36.1 Å². The molecular weight excluding hydrogens is 387 g/mol. The highest BCUT2D eigenvalue weighted by molar-refractivity contribution is 14.0. The Morgan fingerprint density at radius 3 is 2.75 bits per heavy atom. The van der Waals surface area contributed by atoms with E-state index in [9.17, 15) is 0 Å². The quantitative estimate of drug-likeness (QED) is 0.312. The van der Waals surface area contributed by atoms with Gasteiger partial charge in [-0.3, -0.25) is 4.99 Å². The predicted molar refractivity (Wildman–Crippen MR) is 97.2 cm³/mol. The van der Waals surface area contributed by atoms with Crippen molar-refractivity contribution in [1.82, 2.24) is 15.8 Å². The molecule has 1 aromatic rings. The van der Waals surface area contributed by atoms with Crippen molar-refractivity contribution < 1.29 is 4.52 Å². The van der Waals surface area contributed by atoms with E-state index in [1.165, 1.54) is 0 Å². The maximum atomic E-state index is 5.27. The van der Waals surface area contributed by atoms with Crippen LogP contribution < -0.4 is 10.6 Å². The maximum Gasteiger partial charge on any atom is 0.191 e. The van der Waals surface area contributed by atoms with Gasteiger partial charge in [-0.25, -0.2) is 0 Å². The Morgan fingerprint density at radius 2 is 2.20 bits per heavy atom. The molecule has 0 bridgehead atoms. The number of guanidine groups is 1. The second kappa shape index (κ2) is 11.2. The molecule has 0 unspecified atom stereocenters. The monoisotopic (exact) mass is 412 g/mol. The van der Waals surface area contributed by atoms with Gasteiger partial charge >= 0.3 is 0 Å². The van der Waals surface area contributed by atoms with Crippen LogP contribution in [0.3, 0.4) is 0 Å². The normalized spacial score (nSPS) is 11.3. The minimum Gasteiger partial charge on any atom is -0.359 e. The molecule has 1 rings (SSSR count). The molecule has 2 N–H and O–H groups in total. The zero-order valence-corrected chi connectivity index (χ0v) is 15.7. The highest BCUT2D eigenvalue weighted by Gasteiger charge is 2.07. The Hall–Kier alpha value is -0.440. The summed E-state index contributed by atoms with van der Waals surface area (Å²) in [5.41, 5.74) is 0.986. The van der Waals surface area contributed by atoms with Gasteiger partial charge < -0.3 is 15.2 Å². The highest BCUT2D eigenvalue weighted by atomic mass is 127. The van der Waals surface area contributed by atoms with Gasteiger partial charge in [0.05, 0.1) is 12.2 Å². The molecule has 116 valence electrons. The molecular formula is C13H25IN4OS. The van der Waals surface area contributed by atoms with Crippen LogP contribution in [0.25, 0.3) is 0 Å². The summed E-state index contributed by atoms with van der Waals surface area (Å²) in [5.74, 6) is 3.17. The van der Waals surface area contributed by atoms with Gasteiger partial charge in [0.1, 0.15) is 0 Å². The number of nitrogens with zero attached hydrogens (tertiary/aromatic N) is 2. The molecule has 0 aliphatic heterocycles. The third-order valence-electron chi connectivity index (χ3n) is 2.64. The number of hydrogen-bond acceptors (Lipinski definition) is 4. The van der Waals surface area contributed by atoms with E-state index in [2.05, 4.69) is 40.9 Å². The van der Waals surface area contributed by atoms with Crippen LogP contribution >= 0.6 is 35.7 Å². The summed E-state index contributed by atoms with van der Waals surface area (Å²) in [5, 5.41) is 10.5. The van der Waals surface area contributed by atoms with E-state index in [-0.39, 0.29) is 24.0 Å². The first-order valence-electron chi connectivity index (χ1n) is 6.56. The summed E-state index contributed by atoms with van der Waals surface area (Å²) in [6.45, 7) is 5.72. The Morgan fingerprint density at radius 1 is 1.45 bits per heavy atom. The Labute approximate surface area is 142 Å². The van der Waals surface area contributed by atoms with Crippen molar-refractivity contribution in [3.05, 3.63) is 17.5 Å². The molecule has 0 fully saturated rings. The maximum absolute atomic E-state index is 5.27. The van der Waals surface area contributed by atoms with Crippen LogP contribution in [-0.4, -0.2) is 36.7 Å². The average Bonchev–Trinajstić information content (AvgIpc) is 2.87. The molecule has 0 amide bonds. The van der Waals surface area contributed by atoms with Gasteiger partial charge in [-0.15, -0.1) is 24.0 Å². The molecule has 0 aromatic carbocycles. The molecule has 0 spiro atoms. The SMILES string of the molecule is CN=C(NCCCSC)NCc1cc(C(C)C)no1.I. The fourth-order valence-electron chi connectivity index (χ4n) is 1.50. The average molecular weight is 412 g/mol. The molecule has 0 aliphatic carbocycles. The van der Waals surface area contributed by atoms with Gasteiger partial charge in [0, 0.05) is 19.7 Å². The fourth-order valence-corrected chi connectivity index (χ4v) is 1.93. The lowest BCUT2D eigenvalue weighted by molar-refractivity contribution is 0.372. The number of rotatable bonds is 7. The molecule has 1 aromatic heterocycles. The number of aliphatic imine (C=N–C) groups is 1. The fraction of sp³-hybridized carbons (Fsp3) is 0.692. The topological polar surface area (TPSA) is 62.5 Å². The van der Waals surface area contributed by atoms with Crippen LogP contribution in [-0.2, 0) is 6.54 Å². The summed E-state index contributed by atoms with van der Waals surface area (Å²) < 4.78 is 5.27. The van der Waals surface area contributed by atoms with Crippen molar-refractivity contribution in [2.45, 2.75) is 32.7 Å². The summed E-state index contributed by atoms with van der Waals surface area (Å²) in [7, 11) is 1.77. The van der Waals surface area contributed by atoms with Crippen molar-refractivity contribution in [1.29, 1.82) is 0 Å². The van der Waals surface area contributed by atoms with E-state index in [0.29, 0.717) is 12.5 Å². The molecule has 1 heterocycles. The minimum atomic E-state index is 0. The molecule has 0 saturated carbocycles. The number of hydrogen-bond donors (Lipinski definition) is 2. The minimum absolute atomic E-state index is 0. The smallest absolute Gasteiger partial charge is 0.191 e. The Bertz CT molecular complexity index is 395. The number of thioether (sulfide) groups is 1. The van der Waals surface area contributed by atoms with E-state index >= 15 is 0 Å². The van der Waals surface area contributed by atoms with Crippen LogP contribution in [0.4, 0.5) is 0 Å². The number of aromatic nitrogens is 1. The summed E-state index contributed by atoms with van der Waals surface area (Å²) in [4.78, 5) is 4.17. The van der Waals surface area contributed by atoms with Crippen molar-refractivity contribution in [2.24, 2.45) is 4.99 Å². The number of halogens is 1. The predicted octanol–water partition coefficient (Wildman–Crippen LogP) is 2.83. The van der Waals surface area contributed by atoms with Gasteiger partial charge in [0.25, 0.3) is 0 Å². The van der Waals surface area contributed by atoms with Crippen molar-refractivity contribution in [3.8, 4) is 0 Å². The molecule has 7 heteroatoms. The first-order chi connectivity index (χ1) is 9.17. The lowest BCUT2D eigenvalue weighted by Crippen LogP contribution is -2.37. The zero-order valence-electron chi connectivity index (χ0n) is 12.6. The summed E-state index contributed by atoms with van der Waals surface area (Å²) in [6, 6.07) is 1.98. The molecule has 0 aliphatic rings. The standard InChI is InChI=1S/C13H24N4OS.HI/c1-10(2)12-8-11(18-17-12)9-16-13(14-3)15-6-5-7-19-4;/h8,10H,5-7,9H2,1-4H3,(H2,14,15,16);1H. The lowest BCUT2D eigenvalue weighted by atomic mass is 10.1. The molecule has 20 heavy (non-hydrogen) atoms. The van der Waals surface area contributed by atoms with Crippen molar-refractivity contribution in [3.63, 3.8) is 0 Å². The molecule has 5 nitrogen and oxygen atoms in total. The van der Waals surface area contributed by atoms with E-state index < -0.39 is 0 Å². The first-order valence-corrected chi connectivity index (χ1v) is 7.95. The third-order valence-corrected chi connectivity index (χ3v) is 3.34. The molecule has 0 radical (unpaired) electrons. The Balaban J connectivity index is 0.00000361.